The minimum atomic E-state index is -4.71. The van der Waals surface area contributed by atoms with E-state index in [9.17, 15) is 31.2 Å². The van der Waals surface area contributed by atoms with Gasteiger partial charge < -0.3 is 10.2 Å². The number of rotatable bonds is 11. The number of sulfonamides is 1. The van der Waals surface area contributed by atoms with E-state index in [-0.39, 0.29) is 18.7 Å². The summed E-state index contributed by atoms with van der Waals surface area (Å²) < 4.78 is 66.3. The van der Waals surface area contributed by atoms with Crippen LogP contribution in [0, 0.1) is 6.92 Å². The molecular formula is C29H32F3N3O4S. The first-order chi connectivity index (χ1) is 18.8. The van der Waals surface area contributed by atoms with Crippen LogP contribution in [-0.2, 0) is 38.8 Å². The van der Waals surface area contributed by atoms with Gasteiger partial charge in [0, 0.05) is 19.5 Å². The number of halogens is 3. The standard InChI is InChI=1S/C29H32F3N3O4S/c1-4-33-28(37)26(17-22-11-6-5-7-12-22)34(19-23-13-8-10-21(2)16-23)27(36)20-35(40(3,38)39)25-15-9-14-24(18-25)29(30,31)32/h5-16,18,26H,4,17,19-20H2,1-3H3,(H,33,37)/t26-/m1/s1. The number of nitrogens with one attached hydrogen (secondary N) is 1. The molecule has 0 aromatic heterocycles. The van der Waals surface area contributed by atoms with Crippen molar-refractivity contribution in [2.75, 3.05) is 23.7 Å². The number of carbonyl (C=O) groups excluding carboxylic acids is 2. The zero-order valence-electron chi connectivity index (χ0n) is 22.5. The van der Waals surface area contributed by atoms with Gasteiger partial charge in [-0.2, -0.15) is 13.2 Å². The molecule has 0 fully saturated rings. The molecule has 3 aromatic rings. The summed E-state index contributed by atoms with van der Waals surface area (Å²) in [6, 6.07) is 19.1. The molecular weight excluding hydrogens is 543 g/mol. The van der Waals surface area contributed by atoms with E-state index in [0.717, 1.165) is 29.5 Å². The third-order valence-electron chi connectivity index (χ3n) is 6.20. The Morgan fingerprint density at radius 2 is 1.57 bits per heavy atom. The quantitative estimate of drug-likeness (QED) is 0.363. The first-order valence-corrected chi connectivity index (χ1v) is 14.5. The number of aryl methyl sites for hydroxylation is 1. The Bertz CT molecular complexity index is 1430. The third-order valence-corrected chi connectivity index (χ3v) is 7.34. The van der Waals surface area contributed by atoms with E-state index in [0.29, 0.717) is 22.5 Å². The highest BCUT2D eigenvalue weighted by atomic mass is 32.2. The van der Waals surface area contributed by atoms with Gasteiger partial charge in [-0.1, -0.05) is 66.2 Å². The van der Waals surface area contributed by atoms with Crippen LogP contribution in [0.25, 0.3) is 0 Å². The summed E-state index contributed by atoms with van der Waals surface area (Å²) in [6.07, 6.45) is -3.75. The molecule has 0 unspecified atom stereocenters. The maximum atomic E-state index is 13.9. The Morgan fingerprint density at radius 3 is 2.17 bits per heavy atom. The predicted octanol–water partition coefficient (Wildman–Crippen LogP) is 4.56. The number of alkyl halides is 3. The number of nitrogens with zero attached hydrogens (tertiary/aromatic N) is 2. The molecule has 0 saturated heterocycles. The Kier molecular flexibility index (Phi) is 9.97. The Labute approximate surface area is 232 Å². The van der Waals surface area contributed by atoms with Gasteiger partial charge in [-0.25, -0.2) is 8.42 Å². The average Bonchev–Trinajstić information content (AvgIpc) is 2.89. The molecule has 11 heteroatoms. The van der Waals surface area contributed by atoms with E-state index in [1.807, 2.05) is 37.3 Å². The second-order valence-corrected chi connectivity index (χ2v) is 11.3. The van der Waals surface area contributed by atoms with Crippen molar-refractivity contribution in [3.05, 3.63) is 101 Å². The monoisotopic (exact) mass is 575 g/mol. The van der Waals surface area contributed by atoms with Gasteiger partial charge >= 0.3 is 6.18 Å². The molecule has 0 aliphatic rings. The molecule has 1 atom stereocenters. The van der Waals surface area contributed by atoms with Crippen LogP contribution >= 0.6 is 0 Å². The van der Waals surface area contributed by atoms with E-state index < -0.39 is 46.2 Å². The zero-order valence-corrected chi connectivity index (χ0v) is 23.3. The molecule has 3 rings (SSSR count). The summed E-state index contributed by atoms with van der Waals surface area (Å²) in [5.41, 5.74) is 1.05. The van der Waals surface area contributed by atoms with Crippen LogP contribution in [0.15, 0.2) is 78.9 Å². The number of carbonyl (C=O) groups is 2. The van der Waals surface area contributed by atoms with Gasteiger partial charge in [0.05, 0.1) is 17.5 Å². The molecule has 1 N–H and O–H groups in total. The Morgan fingerprint density at radius 1 is 0.925 bits per heavy atom. The van der Waals surface area contributed by atoms with Gasteiger partial charge in [0.25, 0.3) is 0 Å². The molecule has 214 valence electrons. The lowest BCUT2D eigenvalue weighted by Crippen LogP contribution is -2.53. The van der Waals surface area contributed by atoms with Crippen LogP contribution in [0.2, 0.25) is 0 Å². The summed E-state index contributed by atoms with van der Waals surface area (Å²) in [5.74, 6) is -1.17. The molecule has 0 bridgehead atoms. The van der Waals surface area contributed by atoms with E-state index in [1.54, 1.807) is 31.2 Å². The summed E-state index contributed by atoms with van der Waals surface area (Å²) in [7, 11) is -4.19. The number of benzene rings is 3. The average molecular weight is 576 g/mol. The van der Waals surface area contributed by atoms with Gasteiger partial charge in [0.1, 0.15) is 12.6 Å². The number of anilines is 1. The first kappa shape index (κ1) is 30.7. The number of amides is 2. The van der Waals surface area contributed by atoms with Gasteiger partial charge in [-0.05, 0) is 43.2 Å². The minimum Gasteiger partial charge on any atom is -0.355 e. The highest BCUT2D eigenvalue weighted by Crippen LogP contribution is 2.32. The van der Waals surface area contributed by atoms with E-state index in [1.165, 1.54) is 11.0 Å². The molecule has 7 nitrogen and oxygen atoms in total. The molecule has 3 aromatic carbocycles. The van der Waals surface area contributed by atoms with E-state index in [2.05, 4.69) is 5.32 Å². The van der Waals surface area contributed by atoms with Crippen LogP contribution in [-0.4, -0.2) is 50.5 Å². The van der Waals surface area contributed by atoms with Crippen LogP contribution in [0.3, 0.4) is 0 Å². The molecule has 0 heterocycles. The van der Waals surface area contributed by atoms with Crippen molar-refractivity contribution in [3.8, 4) is 0 Å². The van der Waals surface area contributed by atoms with Crippen molar-refractivity contribution in [2.24, 2.45) is 0 Å². The fourth-order valence-corrected chi connectivity index (χ4v) is 5.15. The lowest BCUT2D eigenvalue weighted by molar-refractivity contribution is -0.140. The van der Waals surface area contributed by atoms with Crippen LogP contribution in [0.5, 0.6) is 0 Å². The lowest BCUT2D eigenvalue weighted by Gasteiger charge is -2.33. The second kappa shape index (κ2) is 13.0. The van der Waals surface area contributed by atoms with Gasteiger partial charge in [0.15, 0.2) is 0 Å². The molecule has 0 saturated carbocycles. The second-order valence-electron chi connectivity index (χ2n) is 9.43. The number of hydrogen-bond donors (Lipinski definition) is 1. The molecule has 2 amide bonds. The number of likely N-dealkylation sites (N-methyl/N-ethyl adjacent to an activating group) is 1. The van der Waals surface area contributed by atoms with Crippen molar-refractivity contribution in [3.63, 3.8) is 0 Å². The van der Waals surface area contributed by atoms with E-state index >= 15 is 0 Å². The predicted molar refractivity (Wildman–Crippen MR) is 148 cm³/mol. The maximum Gasteiger partial charge on any atom is 0.416 e. The molecule has 0 aliphatic carbocycles. The van der Waals surface area contributed by atoms with Gasteiger partial charge in [-0.3, -0.25) is 13.9 Å². The summed E-state index contributed by atoms with van der Waals surface area (Å²) >= 11 is 0. The van der Waals surface area contributed by atoms with Crippen molar-refractivity contribution in [1.82, 2.24) is 10.2 Å². The highest BCUT2D eigenvalue weighted by Gasteiger charge is 2.34. The normalized spacial score (nSPS) is 12.4. The maximum absolute atomic E-state index is 13.9. The van der Waals surface area contributed by atoms with Crippen molar-refractivity contribution >= 4 is 27.5 Å². The summed E-state index contributed by atoms with van der Waals surface area (Å²) in [4.78, 5) is 28.5. The SMILES string of the molecule is CCNC(=O)[C@@H](Cc1ccccc1)N(Cc1cccc(C)c1)C(=O)CN(c1cccc(C(F)(F)F)c1)S(C)(=O)=O. The van der Waals surface area contributed by atoms with E-state index in [4.69, 9.17) is 0 Å². The van der Waals surface area contributed by atoms with Crippen LogP contribution in [0.4, 0.5) is 18.9 Å². The smallest absolute Gasteiger partial charge is 0.355 e. The molecule has 0 radical (unpaired) electrons. The van der Waals surface area contributed by atoms with Gasteiger partial charge in [-0.15, -0.1) is 0 Å². The Hall–Kier alpha value is -3.86. The van der Waals surface area contributed by atoms with Crippen molar-refractivity contribution in [2.45, 2.75) is 39.0 Å². The fourth-order valence-electron chi connectivity index (χ4n) is 4.30. The van der Waals surface area contributed by atoms with Crippen LogP contribution in [0.1, 0.15) is 29.2 Å². The molecule has 0 aliphatic heterocycles. The largest absolute Gasteiger partial charge is 0.416 e. The Balaban J connectivity index is 2.06. The molecule has 40 heavy (non-hydrogen) atoms. The van der Waals surface area contributed by atoms with Crippen molar-refractivity contribution in [1.29, 1.82) is 0 Å². The first-order valence-electron chi connectivity index (χ1n) is 12.6. The fraction of sp³-hybridized carbons (Fsp3) is 0.310. The van der Waals surface area contributed by atoms with Crippen molar-refractivity contribution < 1.29 is 31.2 Å². The summed E-state index contributed by atoms with van der Waals surface area (Å²) in [6.45, 7) is 3.10. The van der Waals surface area contributed by atoms with Gasteiger partial charge in [0.2, 0.25) is 21.8 Å². The minimum absolute atomic E-state index is 0.0185. The third kappa shape index (κ3) is 8.32. The summed E-state index contributed by atoms with van der Waals surface area (Å²) in [5, 5.41) is 2.75. The lowest BCUT2D eigenvalue weighted by atomic mass is 10.0. The molecule has 0 spiro atoms. The van der Waals surface area contributed by atoms with Crippen LogP contribution < -0.4 is 9.62 Å². The highest BCUT2D eigenvalue weighted by molar-refractivity contribution is 7.92. The zero-order chi connectivity index (χ0) is 29.5. The topological polar surface area (TPSA) is 86.8 Å². The number of hydrogen-bond acceptors (Lipinski definition) is 4.